The lowest BCUT2D eigenvalue weighted by Crippen LogP contribution is -2.40. The SMILES string of the molecule is CC(C)CNc1nc(N)c(C(=O)NC(C)C2CCCO2)s1. The quantitative estimate of drug-likeness (QED) is 0.748. The van der Waals surface area contributed by atoms with E-state index in [-0.39, 0.29) is 23.9 Å². The fraction of sp³-hybridized carbons (Fsp3) is 0.714. The average Bonchev–Trinajstić information content (AvgIpc) is 3.05. The summed E-state index contributed by atoms with van der Waals surface area (Å²) in [4.78, 5) is 16.9. The van der Waals surface area contributed by atoms with Crippen LogP contribution in [0.2, 0.25) is 0 Å². The number of nitrogens with zero attached hydrogens (tertiary/aromatic N) is 1. The van der Waals surface area contributed by atoms with Crippen molar-refractivity contribution in [2.45, 2.75) is 45.8 Å². The fourth-order valence-electron chi connectivity index (χ4n) is 2.22. The summed E-state index contributed by atoms with van der Waals surface area (Å²) in [6.07, 6.45) is 2.14. The summed E-state index contributed by atoms with van der Waals surface area (Å²) in [6.45, 7) is 7.77. The molecule has 0 bridgehead atoms. The molecule has 2 atom stereocenters. The first-order valence-corrected chi connectivity index (χ1v) is 8.21. The van der Waals surface area contributed by atoms with E-state index in [4.69, 9.17) is 10.5 Å². The van der Waals surface area contributed by atoms with Crippen LogP contribution in [0.5, 0.6) is 0 Å². The van der Waals surface area contributed by atoms with E-state index in [0.29, 0.717) is 15.9 Å². The number of nitrogen functional groups attached to an aromatic ring is 1. The van der Waals surface area contributed by atoms with Crippen LogP contribution in [0.3, 0.4) is 0 Å². The lowest BCUT2D eigenvalue weighted by molar-refractivity contribution is 0.0715. The van der Waals surface area contributed by atoms with E-state index in [9.17, 15) is 4.79 Å². The van der Waals surface area contributed by atoms with Gasteiger partial charge >= 0.3 is 0 Å². The van der Waals surface area contributed by atoms with Crippen LogP contribution in [-0.2, 0) is 4.74 Å². The molecule has 0 radical (unpaired) electrons. The number of carbonyl (C=O) groups is 1. The van der Waals surface area contributed by atoms with Crippen molar-refractivity contribution in [1.82, 2.24) is 10.3 Å². The number of nitrogens with two attached hydrogens (primary N) is 1. The second kappa shape index (κ2) is 7.09. The number of rotatable bonds is 6. The van der Waals surface area contributed by atoms with Crippen molar-refractivity contribution in [2.75, 3.05) is 24.2 Å². The third kappa shape index (κ3) is 4.31. The van der Waals surface area contributed by atoms with Crippen LogP contribution >= 0.6 is 11.3 Å². The molecule has 4 N–H and O–H groups in total. The monoisotopic (exact) mass is 312 g/mol. The number of anilines is 2. The molecule has 0 spiro atoms. The van der Waals surface area contributed by atoms with Gasteiger partial charge in [0, 0.05) is 13.2 Å². The van der Waals surface area contributed by atoms with Crippen LogP contribution in [0, 0.1) is 5.92 Å². The summed E-state index contributed by atoms with van der Waals surface area (Å²) in [5.41, 5.74) is 5.85. The minimum absolute atomic E-state index is 0.0198. The van der Waals surface area contributed by atoms with E-state index in [1.165, 1.54) is 11.3 Å². The Morgan fingerprint density at radius 2 is 2.29 bits per heavy atom. The van der Waals surface area contributed by atoms with Crippen LogP contribution in [-0.4, -0.2) is 36.2 Å². The van der Waals surface area contributed by atoms with Crippen molar-refractivity contribution in [1.29, 1.82) is 0 Å². The second-order valence-electron chi connectivity index (χ2n) is 5.82. The lowest BCUT2D eigenvalue weighted by Gasteiger charge is -2.19. The van der Waals surface area contributed by atoms with Crippen LogP contribution in [0.1, 0.15) is 43.3 Å². The van der Waals surface area contributed by atoms with Gasteiger partial charge in [0.2, 0.25) is 0 Å². The Hall–Kier alpha value is -1.34. The van der Waals surface area contributed by atoms with Crippen LogP contribution in [0.15, 0.2) is 0 Å². The highest BCUT2D eigenvalue weighted by molar-refractivity contribution is 7.18. The first-order chi connectivity index (χ1) is 9.97. The Labute approximate surface area is 129 Å². The molecule has 1 amide bonds. The Bertz CT molecular complexity index is 483. The predicted molar refractivity (Wildman–Crippen MR) is 85.8 cm³/mol. The standard InChI is InChI=1S/C14H24N4O2S/c1-8(2)7-16-14-18-12(15)11(21-14)13(19)17-9(3)10-5-4-6-20-10/h8-10H,4-7,15H2,1-3H3,(H,16,18)(H,17,19). The fourth-order valence-corrected chi connectivity index (χ4v) is 3.02. The molecule has 118 valence electrons. The minimum atomic E-state index is -0.175. The molecule has 0 aliphatic carbocycles. The van der Waals surface area contributed by atoms with Gasteiger partial charge < -0.3 is 21.1 Å². The Morgan fingerprint density at radius 1 is 1.52 bits per heavy atom. The van der Waals surface area contributed by atoms with Crippen LogP contribution in [0.25, 0.3) is 0 Å². The van der Waals surface area contributed by atoms with Crippen molar-refractivity contribution in [3.63, 3.8) is 0 Å². The maximum atomic E-state index is 12.3. The van der Waals surface area contributed by atoms with Gasteiger partial charge in [-0.05, 0) is 25.7 Å². The van der Waals surface area contributed by atoms with E-state index in [2.05, 4.69) is 29.5 Å². The topological polar surface area (TPSA) is 89.3 Å². The van der Waals surface area contributed by atoms with Crippen molar-refractivity contribution in [3.8, 4) is 0 Å². The zero-order valence-electron chi connectivity index (χ0n) is 12.8. The smallest absolute Gasteiger partial charge is 0.265 e. The van der Waals surface area contributed by atoms with Gasteiger partial charge in [-0.3, -0.25) is 4.79 Å². The molecule has 6 nitrogen and oxygen atoms in total. The highest BCUT2D eigenvalue weighted by Gasteiger charge is 2.25. The molecular weight excluding hydrogens is 288 g/mol. The summed E-state index contributed by atoms with van der Waals surface area (Å²) >= 11 is 1.29. The molecule has 1 aromatic heterocycles. The number of hydrogen-bond donors (Lipinski definition) is 3. The molecular formula is C14H24N4O2S. The van der Waals surface area contributed by atoms with Gasteiger partial charge in [0.25, 0.3) is 5.91 Å². The van der Waals surface area contributed by atoms with Crippen molar-refractivity contribution < 1.29 is 9.53 Å². The predicted octanol–water partition coefficient (Wildman–Crippen LogP) is 2.09. The number of hydrogen-bond acceptors (Lipinski definition) is 6. The molecule has 2 rings (SSSR count). The first-order valence-electron chi connectivity index (χ1n) is 7.40. The summed E-state index contributed by atoms with van der Waals surface area (Å²) in [7, 11) is 0. The molecule has 1 fully saturated rings. The van der Waals surface area contributed by atoms with Crippen molar-refractivity contribution in [2.24, 2.45) is 5.92 Å². The van der Waals surface area contributed by atoms with Gasteiger partial charge in [0.15, 0.2) is 5.13 Å². The highest BCUT2D eigenvalue weighted by atomic mass is 32.1. The van der Waals surface area contributed by atoms with Gasteiger partial charge in [0.1, 0.15) is 10.7 Å². The molecule has 1 aliphatic heterocycles. The summed E-state index contributed by atoms with van der Waals surface area (Å²) < 4.78 is 5.58. The molecule has 0 aromatic carbocycles. The summed E-state index contributed by atoms with van der Waals surface area (Å²) in [5.74, 6) is 0.612. The van der Waals surface area contributed by atoms with E-state index < -0.39 is 0 Å². The number of thiazole rings is 1. The zero-order chi connectivity index (χ0) is 15.4. The van der Waals surface area contributed by atoms with Gasteiger partial charge in [-0.2, -0.15) is 0 Å². The lowest BCUT2D eigenvalue weighted by atomic mass is 10.1. The summed E-state index contributed by atoms with van der Waals surface area (Å²) in [5, 5.41) is 6.84. The summed E-state index contributed by atoms with van der Waals surface area (Å²) in [6, 6.07) is -0.0198. The number of amides is 1. The van der Waals surface area contributed by atoms with Gasteiger partial charge in [0.05, 0.1) is 12.1 Å². The largest absolute Gasteiger partial charge is 0.382 e. The Balaban J connectivity index is 1.95. The van der Waals surface area contributed by atoms with Crippen LogP contribution in [0.4, 0.5) is 10.9 Å². The van der Waals surface area contributed by atoms with Crippen molar-refractivity contribution >= 4 is 28.2 Å². The van der Waals surface area contributed by atoms with E-state index in [0.717, 1.165) is 26.0 Å². The molecule has 21 heavy (non-hydrogen) atoms. The van der Waals surface area contributed by atoms with Gasteiger partial charge in [-0.15, -0.1) is 0 Å². The van der Waals surface area contributed by atoms with Crippen molar-refractivity contribution in [3.05, 3.63) is 4.88 Å². The third-order valence-electron chi connectivity index (χ3n) is 3.40. The van der Waals surface area contributed by atoms with Crippen LogP contribution < -0.4 is 16.4 Å². The van der Waals surface area contributed by atoms with E-state index in [1.54, 1.807) is 0 Å². The Kier molecular flexibility index (Phi) is 5.41. The molecule has 1 aliphatic rings. The molecule has 0 saturated carbocycles. The molecule has 1 saturated heterocycles. The number of nitrogens with one attached hydrogen (secondary N) is 2. The average molecular weight is 312 g/mol. The normalized spacial score (nSPS) is 19.7. The number of ether oxygens (including phenoxy) is 1. The van der Waals surface area contributed by atoms with E-state index in [1.807, 2.05) is 6.92 Å². The maximum absolute atomic E-state index is 12.3. The third-order valence-corrected chi connectivity index (χ3v) is 4.43. The molecule has 7 heteroatoms. The zero-order valence-corrected chi connectivity index (χ0v) is 13.6. The molecule has 2 heterocycles. The highest BCUT2D eigenvalue weighted by Crippen LogP contribution is 2.25. The van der Waals surface area contributed by atoms with Gasteiger partial charge in [-0.25, -0.2) is 4.98 Å². The number of aromatic nitrogens is 1. The maximum Gasteiger partial charge on any atom is 0.265 e. The Morgan fingerprint density at radius 3 is 2.90 bits per heavy atom. The number of carbonyl (C=O) groups excluding carboxylic acids is 1. The first kappa shape index (κ1) is 16.0. The molecule has 1 aromatic rings. The molecule has 2 unspecified atom stereocenters. The van der Waals surface area contributed by atoms with E-state index >= 15 is 0 Å². The minimum Gasteiger partial charge on any atom is -0.382 e. The van der Waals surface area contributed by atoms with Gasteiger partial charge in [-0.1, -0.05) is 25.2 Å². The second-order valence-corrected chi connectivity index (χ2v) is 6.82.